The van der Waals surface area contributed by atoms with Gasteiger partial charge in [-0.05, 0) is 30.7 Å². The summed E-state index contributed by atoms with van der Waals surface area (Å²) in [5, 5.41) is 2.93. The summed E-state index contributed by atoms with van der Waals surface area (Å²) in [7, 11) is 0. The highest BCUT2D eigenvalue weighted by Crippen LogP contribution is 2.28. The molecule has 0 aliphatic rings. The number of hydrogen-bond acceptors (Lipinski definition) is 4. The molecule has 3 aromatic rings. The third-order valence-corrected chi connectivity index (χ3v) is 3.84. The molecule has 140 valence electrons. The monoisotopic (exact) mass is 376 g/mol. The SMILES string of the molecule is O=C(CCCc1nc2ccccc2c(=O)[nH]1)Nc1ccc(C(F)(F)F)cn1. The number of aryl methyl sites for hydroxylation is 1. The van der Waals surface area contributed by atoms with Gasteiger partial charge >= 0.3 is 6.18 Å². The number of aromatic amines is 1. The van der Waals surface area contributed by atoms with Crippen LogP contribution in [-0.4, -0.2) is 20.9 Å². The summed E-state index contributed by atoms with van der Waals surface area (Å²) in [6, 6.07) is 8.89. The van der Waals surface area contributed by atoms with Crippen LogP contribution in [0.5, 0.6) is 0 Å². The Morgan fingerprint density at radius 2 is 1.93 bits per heavy atom. The third kappa shape index (κ3) is 4.69. The van der Waals surface area contributed by atoms with E-state index in [1.807, 2.05) is 0 Å². The number of carbonyl (C=O) groups excluding carboxylic acids is 1. The number of nitrogens with one attached hydrogen (secondary N) is 2. The zero-order valence-electron chi connectivity index (χ0n) is 14.0. The van der Waals surface area contributed by atoms with Gasteiger partial charge in [0.2, 0.25) is 5.91 Å². The van der Waals surface area contributed by atoms with Crippen LogP contribution in [0.25, 0.3) is 10.9 Å². The van der Waals surface area contributed by atoms with Crippen LogP contribution in [0.15, 0.2) is 47.4 Å². The molecular weight excluding hydrogens is 361 g/mol. The molecule has 0 saturated heterocycles. The molecule has 0 spiro atoms. The second-order valence-corrected chi connectivity index (χ2v) is 5.86. The molecule has 0 fully saturated rings. The van der Waals surface area contributed by atoms with Crippen molar-refractivity contribution in [3.63, 3.8) is 0 Å². The van der Waals surface area contributed by atoms with Gasteiger partial charge in [0, 0.05) is 19.0 Å². The lowest BCUT2D eigenvalue weighted by Gasteiger charge is -2.08. The molecule has 0 atom stereocenters. The lowest BCUT2D eigenvalue weighted by molar-refractivity contribution is -0.137. The molecule has 2 aromatic heterocycles. The van der Waals surface area contributed by atoms with E-state index in [1.165, 1.54) is 0 Å². The number of para-hydroxylation sites is 1. The number of anilines is 1. The van der Waals surface area contributed by atoms with Gasteiger partial charge < -0.3 is 10.3 Å². The fraction of sp³-hybridized carbons (Fsp3) is 0.222. The Morgan fingerprint density at radius 3 is 2.63 bits per heavy atom. The number of pyridine rings is 1. The second-order valence-electron chi connectivity index (χ2n) is 5.86. The van der Waals surface area contributed by atoms with Crippen molar-refractivity contribution in [1.29, 1.82) is 0 Å². The molecule has 2 N–H and O–H groups in total. The standard InChI is InChI=1S/C18H15F3N4O2/c19-18(20,21)11-8-9-14(22-10-11)24-16(26)7-3-6-15-23-13-5-2-1-4-12(13)17(27)25-15/h1-2,4-5,8-10H,3,6-7H2,(H,22,24,26)(H,23,25,27). The maximum atomic E-state index is 12.5. The van der Waals surface area contributed by atoms with Crippen molar-refractivity contribution in [2.75, 3.05) is 5.32 Å². The Labute approximate surface area is 151 Å². The van der Waals surface area contributed by atoms with Crippen molar-refractivity contribution >= 4 is 22.6 Å². The number of benzene rings is 1. The summed E-state index contributed by atoms with van der Waals surface area (Å²) < 4.78 is 37.4. The van der Waals surface area contributed by atoms with Crippen LogP contribution < -0.4 is 10.9 Å². The molecule has 0 aliphatic carbocycles. The summed E-state index contributed by atoms with van der Waals surface area (Å²) in [6.45, 7) is 0. The van der Waals surface area contributed by atoms with Gasteiger partial charge in [-0.3, -0.25) is 9.59 Å². The van der Waals surface area contributed by atoms with Gasteiger partial charge in [0.1, 0.15) is 11.6 Å². The Kier molecular flexibility index (Phi) is 5.20. The number of H-pyrrole nitrogens is 1. The second kappa shape index (κ2) is 7.56. The van der Waals surface area contributed by atoms with E-state index >= 15 is 0 Å². The molecule has 0 radical (unpaired) electrons. The predicted molar refractivity (Wildman–Crippen MR) is 93.2 cm³/mol. The first kappa shape index (κ1) is 18.6. The van der Waals surface area contributed by atoms with Crippen molar-refractivity contribution in [2.24, 2.45) is 0 Å². The summed E-state index contributed by atoms with van der Waals surface area (Å²) in [5.41, 5.74) is -0.546. The van der Waals surface area contributed by atoms with Gasteiger partial charge in [-0.25, -0.2) is 9.97 Å². The van der Waals surface area contributed by atoms with Crippen LogP contribution in [0, 0.1) is 0 Å². The maximum absolute atomic E-state index is 12.5. The van der Waals surface area contributed by atoms with Gasteiger partial charge in [-0.2, -0.15) is 13.2 Å². The highest BCUT2D eigenvalue weighted by Gasteiger charge is 2.30. The van der Waals surface area contributed by atoms with Crippen LogP contribution in [-0.2, 0) is 17.4 Å². The summed E-state index contributed by atoms with van der Waals surface area (Å²) in [6.07, 6.45) is -2.90. The number of alkyl halides is 3. The normalized spacial score (nSPS) is 11.5. The lowest BCUT2D eigenvalue weighted by Crippen LogP contribution is -2.15. The van der Waals surface area contributed by atoms with E-state index in [4.69, 9.17) is 0 Å². The molecule has 0 saturated carbocycles. The zero-order chi connectivity index (χ0) is 19.4. The van der Waals surface area contributed by atoms with Crippen molar-refractivity contribution in [3.05, 3.63) is 64.3 Å². The number of amides is 1. The smallest absolute Gasteiger partial charge is 0.311 e. The van der Waals surface area contributed by atoms with Crippen LogP contribution in [0.4, 0.5) is 19.0 Å². The number of fused-ring (bicyclic) bond motifs is 1. The molecular formula is C18H15F3N4O2. The van der Waals surface area contributed by atoms with Crippen molar-refractivity contribution in [1.82, 2.24) is 15.0 Å². The lowest BCUT2D eigenvalue weighted by atomic mass is 10.2. The van der Waals surface area contributed by atoms with Crippen LogP contribution in [0.1, 0.15) is 24.2 Å². The Bertz CT molecular complexity index is 1010. The molecule has 1 aromatic carbocycles. The fourth-order valence-electron chi connectivity index (χ4n) is 2.51. The van der Waals surface area contributed by atoms with E-state index in [0.29, 0.717) is 35.8 Å². The first-order valence-electron chi connectivity index (χ1n) is 8.14. The van der Waals surface area contributed by atoms with E-state index in [2.05, 4.69) is 20.3 Å². The highest BCUT2D eigenvalue weighted by molar-refractivity contribution is 5.89. The molecule has 0 bridgehead atoms. The molecule has 9 heteroatoms. The summed E-state index contributed by atoms with van der Waals surface area (Å²) >= 11 is 0. The number of rotatable bonds is 5. The zero-order valence-corrected chi connectivity index (χ0v) is 14.0. The van der Waals surface area contributed by atoms with Crippen LogP contribution >= 0.6 is 0 Å². The average Bonchev–Trinajstić information content (AvgIpc) is 2.61. The summed E-state index contributed by atoms with van der Waals surface area (Å²) in [4.78, 5) is 34.5. The van der Waals surface area contributed by atoms with Gasteiger partial charge in [-0.15, -0.1) is 0 Å². The van der Waals surface area contributed by atoms with Gasteiger partial charge in [-0.1, -0.05) is 12.1 Å². The van der Waals surface area contributed by atoms with E-state index in [1.54, 1.807) is 24.3 Å². The molecule has 1 amide bonds. The summed E-state index contributed by atoms with van der Waals surface area (Å²) in [5.74, 6) is 0.134. The number of hydrogen-bond donors (Lipinski definition) is 2. The molecule has 6 nitrogen and oxygen atoms in total. The Morgan fingerprint density at radius 1 is 1.15 bits per heavy atom. The van der Waals surface area contributed by atoms with Crippen molar-refractivity contribution in [2.45, 2.75) is 25.4 Å². The van der Waals surface area contributed by atoms with E-state index in [0.717, 1.165) is 12.1 Å². The minimum Gasteiger partial charge on any atom is -0.311 e. The van der Waals surface area contributed by atoms with Crippen LogP contribution in [0.3, 0.4) is 0 Å². The van der Waals surface area contributed by atoms with Gasteiger partial charge in [0.15, 0.2) is 0 Å². The quantitative estimate of drug-likeness (QED) is 0.715. The Hall–Kier alpha value is -3.23. The van der Waals surface area contributed by atoms with E-state index < -0.39 is 11.7 Å². The predicted octanol–water partition coefficient (Wildman–Crippen LogP) is 3.30. The minimum absolute atomic E-state index is 0.0465. The van der Waals surface area contributed by atoms with E-state index in [9.17, 15) is 22.8 Å². The number of carbonyl (C=O) groups is 1. The first-order valence-corrected chi connectivity index (χ1v) is 8.14. The minimum atomic E-state index is -4.47. The fourth-order valence-corrected chi connectivity index (χ4v) is 2.51. The molecule has 3 rings (SSSR count). The highest BCUT2D eigenvalue weighted by atomic mass is 19.4. The molecule has 27 heavy (non-hydrogen) atoms. The molecule has 0 aliphatic heterocycles. The third-order valence-electron chi connectivity index (χ3n) is 3.84. The van der Waals surface area contributed by atoms with Crippen LogP contribution in [0.2, 0.25) is 0 Å². The number of aromatic nitrogens is 3. The van der Waals surface area contributed by atoms with E-state index in [-0.39, 0.29) is 23.7 Å². The van der Waals surface area contributed by atoms with Gasteiger partial charge in [0.25, 0.3) is 5.56 Å². The molecule has 2 heterocycles. The number of nitrogens with zero attached hydrogens (tertiary/aromatic N) is 2. The first-order chi connectivity index (χ1) is 12.8. The van der Waals surface area contributed by atoms with Crippen molar-refractivity contribution < 1.29 is 18.0 Å². The maximum Gasteiger partial charge on any atom is 0.417 e. The number of halogens is 3. The van der Waals surface area contributed by atoms with Gasteiger partial charge in [0.05, 0.1) is 16.5 Å². The van der Waals surface area contributed by atoms with Crippen molar-refractivity contribution in [3.8, 4) is 0 Å². The Balaban J connectivity index is 1.55. The molecule has 0 unspecified atom stereocenters. The average molecular weight is 376 g/mol. The topological polar surface area (TPSA) is 87.7 Å². The largest absolute Gasteiger partial charge is 0.417 e.